The van der Waals surface area contributed by atoms with E-state index in [-0.39, 0.29) is 0 Å². The highest BCUT2D eigenvalue weighted by molar-refractivity contribution is 5.55. The van der Waals surface area contributed by atoms with Gasteiger partial charge in [0.05, 0.1) is 5.69 Å². The second-order valence-electron chi connectivity index (χ2n) is 9.42. The van der Waals surface area contributed by atoms with Gasteiger partial charge in [0, 0.05) is 24.6 Å². The Labute approximate surface area is 180 Å². The summed E-state index contributed by atoms with van der Waals surface area (Å²) in [6.07, 6.45) is 10.1. The van der Waals surface area contributed by atoms with Gasteiger partial charge in [-0.25, -0.2) is 4.98 Å². The summed E-state index contributed by atoms with van der Waals surface area (Å²) in [7, 11) is 0. The van der Waals surface area contributed by atoms with Gasteiger partial charge in [-0.15, -0.1) is 0 Å². The van der Waals surface area contributed by atoms with Crippen LogP contribution in [0, 0.1) is 5.92 Å². The number of hydrogen-bond acceptors (Lipinski definition) is 5. The van der Waals surface area contributed by atoms with Crippen LogP contribution in [0.3, 0.4) is 0 Å². The molecule has 0 radical (unpaired) electrons. The molecule has 5 rings (SSSR count). The number of nitrogens with zero attached hydrogens (tertiary/aromatic N) is 4. The van der Waals surface area contributed by atoms with Gasteiger partial charge in [0.1, 0.15) is 5.82 Å². The quantitative estimate of drug-likeness (QED) is 0.807. The number of fused-ring (bicyclic) bond motifs is 1. The van der Waals surface area contributed by atoms with Crippen LogP contribution in [-0.4, -0.2) is 47.6 Å². The highest BCUT2D eigenvalue weighted by atomic mass is 15.2. The second-order valence-corrected chi connectivity index (χ2v) is 9.42. The highest BCUT2D eigenvalue weighted by Gasteiger charge is 2.30. The fraction of sp³-hybridized carbons (Fsp3) is 0.600. The molecule has 1 aromatic carbocycles. The standard InChI is InChI=1S/C25H35N5/c26-25-27-23-21(20-9-2-1-3-10-20)11-6-12-22(23)24(28-25)30-16-7-8-19(18-30)13-17-29-14-4-5-15-29/h1-3,9-10,19,21H,4-8,11-18H2,(H2,26,27,28). The van der Waals surface area contributed by atoms with Crippen LogP contribution in [0.4, 0.5) is 11.8 Å². The summed E-state index contributed by atoms with van der Waals surface area (Å²) in [4.78, 5) is 14.7. The van der Waals surface area contributed by atoms with Crippen molar-refractivity contribution >= 4 is 11.8 Å². The third-order valence-corrected chi connectivity index (χ3v) is 7.36. The van der Waals surface area contributed by atoms with E-state index in [0.29, 0.717) is 11.9 Å². The molecular weight excluding hydrogens is 370 g/mol. The topological polar surface area (TPSA) is 58.3 Å². The molecule has 1 aromatic heterocycles. The molecule has 30 heavy (non-hydrogen) atoms. The molecule has 2 aliphatic heterocycles. The first-order valence-corrected chi connectivity index (χ1v) is 12.0. The fourth-order valence-electron chi connectivity index (χ4n) is 5.79. The minimum atomic E-state index is 0.342. The van der Waals surface area contributed by atoms with E-state index in [1.165, 1.54) is 75.0 Å². The minimum Gasteiger partial charge on any atom is -0.368 e. The Morgan fingerprint density at radius 2 is 1.77 bits per heavy atom. The SMILES string of the molecule is Nc1nc2c(c(N3CCCC(CCN4CCCC4)C3)n1)CCCC2c1ccccc1. The average molecular weight is 406 g/mol. The Bertz CT molecular complexity index is 846. The molecule has 3 heterocycles. The van der Waals surface area contributed by atoms with Crippen molar-refractivity contribution in [3.63, 3.8) is 0 Å². The number of anilines is 2. The van der Waals surface area contributed by atoms with Crippen LogP contribution in [0.5, 0.6) is 0 Å². The third kappa shape index (κ3) is 4.18. The predicted molar refractivity (Wildman–Crippen MR) is 123 cm³/mol. The molecule has 2 N–H and O–H groups in total. The van der Waals surface area contributed by atoms with Crippen LogP contribution >= 0.6 is 0 Å². The molecule has 160 valence electrons. The Morgan fingerprint density at radius 1 is 0.933 bits per heavy atom. The van der Waals surface area contributed by atoms with E-state index in [4.69, 9.17) is 15.7 Å². The summed E-state index contributed by atoms with van der Waals surface area (Å²) in [5.41, 5.74) is 10.1. The Balaban J connectivity index is 1.37. The van der Waals surface area contributed by atoms with Crippen LogP contribution < -0.4 is 10.6 Å². The normalized spacial score (nSPS) is 24.7. The van der Waals surface area contributed by atoms with Gasteiger partial charge in [0.2, 0.25) is 5.95 Å². The first-order chi connectivity index (χ1) is 14.8. The molecule has 0 spiro atoms. The van der Waals surface area contributed by atoms with E-state index in [9.17, 15) is 0 Å². The molecule has 5 heteroatoms. The molecule has 5 nitrogen and oxygen atoms in total. The van der Waals surface area contributed by atoms with Crippen molar-refractivity contribution in [2.45, 2.75) is 57.3 Å². The summed E-state index contributed by atoms with van der Waals surface area (Å²) in [5.74, 6) is 2.67. The van der Waals surface area contributed by atoms with Gasteiger partial charge in [-0.2, -0.15) is 4.98 Å². The van der Waals surface area contributed by atoms with E-state index in [1.807, 2.05) is 0 Å². The van der Waals surface area contributed by atoms with Gasteiger partial charge in [-0.05, 0) is 82.5 Å². The molecule has 1 aliphatic carbocycles. The zero-order valence-corrected chi connectivity index (χ0v) is 18.1. The lowest BCUT2D eigenvalue weighted by Crippen LogP contribution is -2.38. The molecule has 2 unspecified atom stereocenters. The number of rotatable bonds is 5. The Hall–Kier alpha value is -2.14. The summed E-state index contributed by atoms with van der Waals surface area (Å²) in [5, 5.41) is 0. The van der Waals surface area contributed by atoms with Crippen molar-refractivity contribution in [2.75, 3.05) is 43.4 Å². The lowest BCUT2D eigenvalue weighted by atomic mass is 9.82. The molecular formula is C25H35N5. The van der Waals surface area contributed by atoms with Gasteiger partial charge >= 0.3 is 0 Å². The number of likely N-dealkylation sites (tertiary alicyclic amines) is 1. The number of nitrogens with two attached hydrogens (primary N) is 1. The zero-order valence-electron chi connectivity index (χ0n) is 18.1. The fourth-order valence-corrected chi connectivity index (χ4v) is 5.79. The maximum Gasteiger partial charge on any atom is 0.222 e. The van der Waals surface area contributed by atoms with Crippen molar-refractivity contribution in [2.24, 2.45) is 5.92 Å². The van der Waals surface area contributed by atoms with Gasteiger partial charge in [0.15, 0.2) is 0 Å². The number of aromatic nitrogens is 2. The van der Waals surface area contributed by atoms with Crippen LogP contribution in [0.1, 0.15) is 67.7 Å². The van der Waals surface area contributed by atoms with E-state index < -0.39 is 0 Å². The van der Waals surface area contributed by atoms with Gasteiger partial charge in [0.25, 0.3) is 0 Å². The second kappa shape index (κ2) is 8.93. The Morgan fingerprint density at radius 3 is 2.60 bits per heavy atom. The smallest absolute Gasteiger partial charge is 0.222 e. The van der Waals surface area contributed by atoms with Crippen molar-refractivity contribution in [1.29, 1.82) is 0 Å². The lowest BCUT2D eigenvalue weighted by molar-refractivity contribution is 0.284. The maximum atomic E-state index is 6.25. The first-order valence-electron chi connectivity index (χ1n) is 12.0. The summed E-state index contributed by atoms with van der Waals surface area (Å²) < 4.78 is 0. The van der Waals surface area contributed by atoms with Crippen LogP contribution in [-0.2, 0) is 6.42 Å². The monoisotopic (exact) mass is 405 g/mol. The molecule has 2 saturated heterocycles. The van der Waals surface area contributed by atoms with Gasteiger partial charge in [-0.3, -0.25) is 0 Å². The number of benzene rings is 1. The number of hydrogen-bond donors (Lipinski definition) is 1. The summed E-state index contributed by atoms with van der Waals surface area (Å²) in [6, 6.07) is 10.8. The number of nitrogen functional groups attached to an aromatic ring is 1. The molecule has 3 aliphatic rings. The lowest BCUT2D eigenvalue weighted by Gasteiger charge is -2.37. The predicted octanol–water partition coefficient (Wildman–Crippen LogP) is 4.23. The molecule has 0 saturated carbocycles. The molecule has 2 fully saturated rings. The van der Waals surface area contributed by atoms with Crippen molar-refractivity contribution in [1.82, 2.24) is 14.9 Å². The number of piperidine rings is 1. The van der Waals surface area contributed by atoms with Crippen molar-refractivity contribution in [3.8, 4) is 0 Å². The van der Waals surface area contributed by atoms with Gasteiger partial charge < -0.3 is 15.5 Å². The molecule has 2 atom stereocenters. The van der Waals surface area contributed by atoms with Crippen molar-refractivity contribution < 1.29 is 0 Å². The Kier molecular flexibility index (Phi) is 5.89. The third-order valence-electron chi connectivity index (χ3n) is 7.36. The van der Waals surface area contributed by atoms with Gasteiger partial charge in [-0.1, -0.05) is 30.3 Å². The summed E-state index contributed by atoms with van der Waals surface area (Å²) in [6.45, 7) is 6.07. The zero-order chi connectivity index (χ0) is 20.3. The summed E-state index contributed by atoms with van der Waals surface area (Å²) >= 11 is 0. The van der Waals surface area contributed by atoms with Crippen LogP contribution in [0.25, 0.3) is 0 Å². The molecule has 0 bridgehead atoms. The van der Waals surface area contributed by atoms with E-state index >= 15 is 0 Å². The maximum absolute atomic E-state index is 6.25. The molecule has 0 amide bonds. The van der Waals surface area contributed by atoms with Crippen LogP contribution in [0.15, 0.2) is 30.3 Å². The van der Waals surface area contributed by atoms with E-state index in [0.717, 1.165) is 37.7 Å². The molecule has 2 aromatic rings. The van der Waals surface area contributed by atoms with Crippen molar-refractivity contribution in [3.05, 3.63) is 47.2 Å². The largest absolute Gasteiger partial charge is 0.368 e. The highest BCUT2D eigenvalue weighted by Crippen LogP contribution is 2.40. The van der Waals surface area contributed by atoms with E-state index in [1.54, 1.807) is 0 Å². The average Bonchev–Trinajstić information content (AvgIpc) is 3.31. The first kappa shape index (κ1) is 19.8. The van der Waals surface area contributed by atoms with Crippen LogP contribution in [0.2, 0.25) is 0 Å². The minimum absolute atomic E-state index is 0.342. The van der Waals surface area contributed by atoms with E-state index in [2.05, 4.69) is 40.1 Å².